The lowest BCUT2D eigenvalue weighted by molar-refractivity contribution is -0.273. The normalized spacial score (nSPS) is 29.8. The first-order valence-electron chi connectivity index (χ1n) is 8.75. The molecular formula is C13H18O9. The topological polar surface area (TPSA) is 114 Å². The maximum Gasteiger partial charge on any atom is 0.305 e. The van der Waals surface area contributed by atoms with Crippen LogP contribution in [0.15, 0.2) is 0 Å². The van der Waals surface area contributed by atoms with Crippen LogP contribution in [0.3, 0.4) is 0 Å². The first-order chi connectivity index (χ1) is 12.4. The minimum Gasteiger partial charge on any atom is -0.456 e. The third-order valence-electron chi connectivity index (χ3n) is 2.45. The average molecular weight is 322 g/mol. The van der Waals surface area contributed by atoms with Crippen LogP contribution in [0.2, 0.25) is 0 Å². The van der Waals surface area contributed by atoms with Crippen molar-refractivity contribution in [1.29, 1.82) is 0 Å². The summed E-state index contributed by atoms with van der Waals surface area (Å²) in [4.78, 5) is 45.8. The molecule has 1 saturated heterocycles. The summed E-state index contributed by atoms with van der Waals surface area (Å²) in [5.74, 6) is -4.10. The zero-order chi connectivity index (χ0) is 19.7. The fourth-order valence-corrected chi connectivity index (χ4v) is 1.82. The second-order valence-electron chi connectivity index (χ2n) is 4.13. The van der Waals surface area contributed by atoms with E-state index in [2.05, 4.69) is 0 Å². The van der Waals surface area contributed by atoms with Crippen molar-refractivity contribution in [3.63, 3.8) is 0 Å². The molecule has 9 heteroatoms. The lowest BCUT2D eigenvalue weighted by Gasteiger charge is -2.39. The van der Waals surface area contributed by atoms with Crippen LogP contribution in [0.25, 0.3) is 0 Å². The van der Waals surface area contributed by atoms with Gasteiger partial charge < -0.3 is 23.7 Å². The summed E-state index contributed by atoms with van der Waals surface area (Å²) in [7, 11) is 0. The van der Waals surface area contributed by atoms with Crippen molar-refractivity contribution < 1.29 is 48.3 Å². The summed E-state index contributed by atoms with van der Waals surface area (Å²) in [5.41, 5.74) is 0. The van der Waals surface area contributed by atoms with Crippen molar-refractivity contribution in [3.8, 4) is 0 Å². The van der Waals surface area contributed by atoms with E-state index in [9.17, 15) is 19.2 Å². The lowest BCUT2D eigenvalue weighted by atomic mass is 10.0. The van der Waals surface area contributed by atoms with Gasteiger partial charge in [-0.25, -0.2) is 0 Å². The Labute approximate surface area is 132 Å². The summed E-state index contributed by atoms with van der Waals surface area (Å²) in [6.45, 7) is -3.50. The van der Waals surface area contributed by atoms with Gasteiger partial charge in [0.1, 0.15) is 0 Å². The number of carbonyl (C=O) groups excluding carboxylic acids is 4. The molecule has 1 fully saturated rings. The van der Waals surface area contributed by atoms with Crippen LogP contribution >= 0.6 is 0 Å². The van der Waals surface area contributed by atoms with Crippen molar-refractivity contribution in [1.82, 2.24) is 0 Å². The van der Waals surface area contributed by atoms with Gasteiger partial charge in [0.15, 0.2) is 12.2 Å². The van der Waals surface area contributed by atoms with E-state index in [-0.39, 0.29) is 0 Å². The molecule has 0 bridgehead atoms. The fraction of sp³-hybridized carbons (Fsp3) is 0.692. The van der Waals surface area contributed by atoms with Crippen molar-refractivity contribution in [2.45, 2.75) is 52.2 Å². The minimum atomic E-state index is -1.59. The summed E-state index contributed by atoms with van der Waals surface area (Å²) >= 11 is 0. The monoisotopic (exact) mass is 322 g/mol. The molecule has 0 N–H and O–H groups in total. The highest BCUT2D eigenvalue weighted by Gasteiger charge is 2.48. The smallest absolute Gasteiger partial charge is 0.305 e. The Morgan fingerprint density at radius 1 is 0.818 bits per heavy atom. The van der Waals surface area contributed by atoms with E-state index in [4.69, 9.17) is 29.2 Å². The molecule has 0 amide bonds. The van der Waals surface area contributed by atoms with E-state index in [1.165, 1.54) is 0 Å². The number of esters is 4. The van der Waals surface area contributed by atoms with Crippen LogP contribution in [0.5, 0.6) is 0 Å². The average Bonchev–Trinajstić information content (AvgIpc) is 2.65. The fourth-order valence-electron chi connectivity index (χ4n) is 1.82. The van der Waals surface area contributed by atoms with Gasteiger partial charge in [-0.2, -0.15) is 0 Å². The zero-order valence-corrected chi connectivity index (χ0v) is 11.5. The highest BCUT2D eigenvalue weighted by atomic mass is 16.7. The molecule has 0 aromatic rings. The summed E-state index contributed by atoms with van der Waals surface area (Å²) < 4.78 is 52.8. The molecule has 0 saturated carbocycles. The Kier molecular flexibility index (Phi) is 4.36. The standard InChI is InChI=1S/C13H18O9/c1-6(14)19-10-5-18-13(22-9(4)17)12(21-8(3)16)11(10)20-7(2)15/h10-13H,5H2,1-4H3/t10-,11-,12+,13?/m1/s1/i1D,2D,3D,4D. The molecule has 0 aliphatic carbocycles. The van der Waals surface area contributed by atoms with Crippen LogP contribution in [0.4, 0.5) is 0 Å². The number of carbonyl (C=O) groups is 4. The van der Waals surface area contributed by atoms with Gasteiger partial charge in [0.05, 0.1) is 6.61 Å². The van der Waals surface area contributed by atoms with Gasteiger partial charge in [0.25, 0.3) is 0 Å². The SMILES string of the molecule is [2H]CC(=O)OC1OC[C@@H](OC(=O)C[2H])[C@@H](OC(=O)C[2H])[C@@H]1OC(=O)C[2H]. The van der Waals surface area contributed by atoms with Crippen LogP contribution in [0, 0.1) is 0 Å². The van der Waals surface area contributed by atoms with E-state index in [1.807, 2.05) is 0 Å². The predicted molar refractivity (Wildman–Crippen MR) is 68.2 cm³/mol. The molecule has 0 spiro atoms. The van der Waals surface area contributed by atoms with Gasteiger partial charge in [-0.15, -0.1) is 0 Å². The maximum atomic E-state index is 11.5. The van der Waals surface area contributed by atoms with Gasteiger partial charge >= 0.3 is 23.9 Å². The molecule has 124 valence electrons. The van der Waals surface area contributed by atoms with Gasteiger partial charge in [0.2, 0.25) is 12.4 Å². The molecule has 4 atom stereocenters. The van der Waals surface area contributed by atoms with E-state index in [0.29, 0.717) is 0 Å². The van der Waals surface area contributed by atoms with Crippen molar-refractivity contribution >= 4 is 23.9 Å². The lowest BCUT2D eigenvalue weighted by Crippen LogP contribution is -2.58. The second kappa shape index (κ2) is 7.74. The number of hydrogen-bond acceptors (Lipinski definition) is 9. The van der Waals surface area contributed by atoms with E-state index in [1.54, 1.807) is 0 Å². The Hall–Kier alpha value is -2.16. The quantitative estimate of drug-likeness (QED) is 0.508. The molecule has 1 aliphatic heterocycles. The minimum absolute atomic E-state index is 0.424. The van der Waals surface area contributed by atoms with Gasteiger partial charge in [0, 0.05) is 33.1 Å². The molecule has 0 aromatic carbocycles. The zero-order valence-electron chi connectivity index (χ0n) is 15.5. The second-order valence-corrected chi connectivity index (χ2v) is 4.13. The van der Waals surface area contributed by atoms with Gasteiger partial charge in [-0.3, -0.25) is 19.2 Å². The Balaban J connectivity index is 3.10. The molecule has 1 rings (SSSR count). The first-order valence-corrected chi connectivity index (χ1v) is 5.92. The Bertz CT molecular complexity index is 484. The molecule has 0 aromatic heterocycles. The first kappa shape index (κ1) is 12.4. The molecule has 22 heavy (non-hydrogen) atoms. The maximum absolute atomic E-state index is 11.5. The van der Waals surface area contributed by atoms with Crippen molar-refractivity contribution in [3.05, 3.63) is 0 Å². The summed E-state index contributed by atoms with van der Waals surface area (Å²) in [5, 5.41) is 0. The molecule has 0 radical (unpaired) electrons. The molecule has 1 unspecified atom stereocenters. The van der Waals surface area contributed by atoms with E-state index in [0.717, 1.165) is 0 Å². The highest BCUT2D eigenvalue weighted by Crippen LogP contribution is 2.25. The van der Waals surface area contributed by atoms with Crippen molar-refractivity contribution in [2.24, 2.45) is 0 Å². The summed E-state index contributed by atoms with van der Waals surface area (Å²) in [6.07, 6.45) is -5.94. The molecular weight excluding hydrogens is 300 g/mol. The Morgan fingerprint density at radius 3 is 1.91 bits per heavy atom. The van der Waals surface area contributed by atoms with Gasteiger partial charge in [-0.05, 0) is 0 Å². The highest BCUT2D eigenvalue weighted by molar-refractivity contribution is 5.69. The van der Waals surface area contributed by atoms with E-state index < -0.39 is 82.7 Å². The number of rotatable bonds is 4. The molecule has 9 nitrogen and oxygen atoms in total. The predicted octanol–water partition coefficient (Wildman–Crippen LogP) is -0.299. The van der Waals surface area contributed by atoms with Crippen LogP contribution in [0.1, 0.15) is 33.1 Å². The Morgan fingerprint density at radius 2 is 1.32 bits per heavy atom. The number of ether oxygens (including phenoxy) is 5. The third-order valence-corrected chi connectivity index (χ3v) is 2.45. The number of hydrogen-bond donors (Lipinski definition) is 0. The largest absolute Gasteiger partial charge is 0.456 e. The van der Waals surface area contributed by atoms with Crippen LogP contribution in [-0.2, 0) is 42.9 Å². The summed E-state index contributed by atoms with van der Waals surface area (Å²) in [6, 6.07) is 0. The van der Waals surface area contributed by atoms with Crippen molar-refractivity contribution in [2.75, 3.05) is 6.61 Å². The third kappa shape index (κ3) is 5.32. The van der Waals surface area contributed by atoms with Crippen LogP contribution in [-0.4, -0.2) is 55.1 Å². The molecule has 1 heterocycles. The van der Waals surface area contributed by atoms with E-state index >= 15 is 0 Å². The molecule has 1 aliphatic rings. The van der Waals surface area contributed by atoms with Gasteiger partial charge in [-0.1, -0.05) is 0 Å². The van der Waals surface area contributed by atoms with Crippen LogP contribution < -0.4 is 0 Å².